The molecule has 1 N–H and O–H groups in total. The van der Waals surface area contributed by atoms with Crippen molar-refractivity contribution < 1.29 is 18.3 Å². The molecule has 11 heteroatoms. The van der Waals surface area contributed by atoms with Gasteiger partial charge in [-0.15, -0.1) is 28.1 Å². The number of carbonyl (C=O) groups excluding carboxylic acids is 1. The Morgan fingerprint density at radius 3 is 2.77 bits per heavy atom. The Labute approximate surface area is 235 Å². The summed E-state index contributed by atoms with van der Waals surface area (Å²) in [5.74, 6) is 0.964. The number of rotatable bonds is 11. The quantitative estimate of drug-likeness (QED) is 0.198. The van der Waals surface area contributed by atoms with E-state index >= 15 is 0 Å². The molecule has 2 aromatic heterocycles. The van der Waals surface area contributed by atoms with Gasteiger partial charge in [-0.05, 0) is 60.4 Å². The maximum Gasteiger partial charge on any atom is 0.387 e. The van der Waals surface area contributed by atoms with Gasteiger partial charge in [-0.3, -0.25) is 9.36 Å². The van der Waals surface area contributed by atoms with Crippen LogP contribution in [0, 0.1) is 22.7 Å². The Hall–Kier alpha value is -3.23. The van der Waals surface area contributed by atoms with Crippen LogP contribution in [0.3, 0.4) is 0 Å². The summed E-state index contributed by atoms with van der Waals surface area (Å²) < 4.78 is 31.1. The van der Waals surface area contributed by atoms with Gasteiger partial charge in [0.1, 0.15) is 16.8 Å². The highest BCUT2D eigenvalue weighted by atomic mass is 32.2. The number of amides is 1. The maximum atomic E-state index is 12.9. The first-order valence-electron chi connectivity index (χ1n) is 12.7. The van der Waals surface area contributed by atoms with Gasteiger partial charge in [-0.1, -0.05) is 45.0 Å². The third-order valence-corrected chi connectivity index (χ3v) is 9.48. The van der Waals surface area contributed by atoms with Gasteiger partial charge >= 0.3 is 6.61 Å². The monoisotopic (exact) mass is 571 g/mol. The molecule has 0 fully saturated rings. The number of hydrogen-bond donors (Lipinski definition) is 1. The molecule has 1 aliphatic carbocycles. The minimum absolute atomic E-state index is 0.0476. The Bertz CT molecular complexity index is 1380. The van der Waals surface area contributed by atoms with E-state index in [1.54, 1.807) is 22.8 Å². The number of anilines is 1. The van der Waals surface area contributed by atoms with E-state index in [1.165, 1.54) is 40.1 Å². The van der Waals surface area contributed by atoms with Crippen molar-refractivity contribution in [1.82, 2.24) is 14.8 Å². The number of fused-ring (bicyclic) bond motifs is 1. The van der Waals surface area contributed by atoms with Gasteiger partial charge in [-0.25, -0.2) is 0 Å². The predicted molar refractivity (Wildman–Crippen MR) is 150 cm³/mol. The fraction of sp³-hybridized carbons (Fsp3) is 0.429. The summed E-state index contributed by atoms with van der Waals surface area (Å²) in [6.07, 6.45) is 5.62. The molecule has 1 aromatic carbocycles. The zero-order chi connectivity index (χ0) is 28.2. The molecule has 39 heavy (non-hydrogen) atoms. The van der Waals surface area contributed by atoms with Crippen molar-refractivity contribution in [2.75, 3.05) is 11.1 Å². The van der Waals surface area contributed by atoms with Gasteiger partial charge < -0.3 is 10.1 Å². The van der Waals surface area contributed by atoms with Gasteiger partial charge in [0.2, 0.25) is 5.91 Å². The molecule has 0 bridgehead atoms. The largest absolute Gasteiger partial charge is 0.435 e. The number of thioether (sulfide) groups is 1. The van der Waals surface area contributed by atoms with Crippen LogP contribution in [0.4, 0.5) is 13.8 Å². The third-order valence-electron chi connectivity index (χ3n) is 7.35. The van der Waals surface area contributed by atoms with E-state index in [0.29, 0.717) is 39.6 Å². The number of benzene rings is 1. The molecule has 2 heterocycles. The summed E-state index contributed by atoms with van der Waals surface area (Å²) in [6, 6.07) is 8.43. The van der Waals surface area contributed by atoms with Gasteiger partial charge in [-0.2, -0.15) is 14.0 Å². The molecule has 3 aromatic rings. The SMILES string of the molecule is C=CCn1c(SCC(=O)Nc2sc3c(c2C#N)CCC(C(C)(C)CC)C3)nnc1-c1ccc(OC(F)F)cc1. The van der Waals surface area contributed by atoms with Gasteiger partial charge in [0.15, 0.2) is 11.0 Å². The zero-order valence-corrected chi connectivity index (χ0v) is 23.8. The Kier molecular flexibility index (Phi) is 9.08. The van der Waals surface area contributed by atoms with Crippen LogP contribution in [0.2, 0.25) is 0 Å². The molecule has 1 atom stereocenters. The molecule has 4 rings (SSSR count). The summed E-state index contributed by atoms with van der Waals surface area (Å²) in [6.45, 7) is 8.10. The van der Waals surface area contributed by atoms with Crippen molar-refractivity contribution in [3.05, 3.63) is 52.9 Å². The van der Waals surface area contributed by atoms with Crippen molar-refractivity contribution in [3.63, 3.8) is 0 Å². The van der Waals surface area contributed by atoms with Crippen molar-refractivity contribution in [1.29, 1.82) is 5.26 Å². The lowest BCUT2D eigenvalue weighted by atomic mass is 9.69. The molecule has 206 valence electrons. The molecular formula is C28H31F2N5O2S2. The number of carbonyl (C=O) groups is 1. The molecule has 0 radical (unpaired) electrons. The molecule has 1 amide bonds. The van der Waals surface area contributed by atoms with Crippen LogP contribution in [0.1, 0.15) is 49.6 Å². The first-order chi connectivity index (χ1) is 18.7. The summed E-state index contributed by atoms with van der Waals surface area (Å²) in [5, 5.41) is 22.4. The first kappa shape index (κ1) is 28.8. The fourth-order valence-corrected chi connectivity index (χ4v) is 6.77. The molecule has 0 aliphatic heterocycles. The smallest absolute Gasteiger partial charge is 0.387 e. The molecule has 0 saturated carbocycles. The number of ether oxygens (including phenoxy) is 1. The van der Waals surface area contributed by atoms with E-state index in [2.05, 4.69) is 53.7 Å². The molecule has 1 aliphatic rings. The molecular weight excluding hydrogens is 540 g/mol. The Balaban J connectivity index is 1.45. The van der Waals surface area contributed by atoms with E-state index < -0.39 is 6.61 Å². The van der Waals surface area contributed by atoms with Crippen LogP contribution in [0.5, 0.6) is 5.75 Å². The lowest BCUT2D eigenvalue weighted by Gasteiger charge is -2.36. The number of nitrogens with zero attached hydrogens (tertiary/aromatic N) is 4. The standard InChI is InChI=1S/C28H31F2N5O2S2/c1-5-13-35-24(17-7-10-19(11-8-17)37-26(29)30)33-34-27(35)38-16-23(36)32-25-21(15-31)20-12-9-18(14-22(20)39-25)28(3,4)6-2/h5,7-8,10-11,18,26H,1,6,9,12-14,16H2,2-4H3,(H,32,36). The number of thiophene rings is 1. The van der Waals surface area contributed by atoms with Crippen LogP contribution in [0.15, 0.2) is 42.1 Å². The summed E-state index contributed by atoms with van der Waals surface area (Å²) in [4.78, 5) is 14.1. The third kappa shape index (κ3) is 6.50. The second kappa shape index (κ2) is 12.3. The zero-order valence-electron chi connectivity index (χ0n) is 22.2. The normalized spacial score (nSPS) is 15.1. The number of aromatic nitrogens is 3. The molecule has 7 nitrogen and oxygen atoms in total. The lowest BCUT2D eigenvalue weighted by Crippen LogP contribution is -2.28. The van der Waals surface area contributed by atoms with E-state index in [4.69, 9.17) is 0 Å². The Morgan fingerprint density at radius 1 is 1.38 bits per heavy atom. The number of allylic oxidation sites excluding steroid dienone is 1. The van der Waals surface area contributed by atoms with Crippen molar-refractivity contribution >= 4 is 34.0 Å². The van der Waals surface area contributed by atoms with Gasteiger partial charge in [0.25, 0.3) is 0 Å². The highest BCUT2D eigenvalue weighted by molar-refractivity contribution is 7.99. The first-order valence-corrected chi connectivity index (χ1v) is 14.5. The Morgan fingerprint density at radius 2 is 2.13 bits per heavy atom. The predicted octanol–water partition coefficient (Wildman–Crippen LogP) is 6.94. The average molecular weight is 572 g/mol. The second-order valence-electron chi connectivity index (χ2n) is 10.0. The van der Waals surface area contributed by atoms with E-state index in [-0.39, 0.29) is 22.8 Å². The molecule has 0 saturated heterocycles. The molecule has 1 unspecified atom stereocenters. The number of nitriles is 1. The van der Waals surface area contributed by atoms with Crippen molar-refractivity contribution in [3.8, 4) is 23.2 Å². The van der Waals surface area contributed by atoms with Crippen molar-refractivity contribution in [2.24, 2.45) is 11.3 Å². The van der Waals surface area contributed by atoms with Crippen LogP contribution in [0.25, 0.3) is 11.4 Å². The molecule has 0 spiro atoms. The van der Waals surface area contributed by atoms with Crippen LogP contribution < -0.4 is 10.1 Å². The fourth-order valence-electron chi connectivity index (χ4n) is 4.73. The number of nitrogens with one attached hydrogen (secondary N) is 1. The highest BCUT2D eigenvalue weighted by Crippen LogP contribution is 2.45. The topological polar surface area (TPSA) is 92.8 Å². The van der Waals surface area contributed by atoms with Gasteiger partial charge in [0.05, 0.1) is 11.3 Å². The van der Waals surface area contributed by atoms with Crippen LogP contribution in [-0.2, 0) is 24.2 Å². The highest BCUT2D eigenvalue weighted by Gasteiger charge is 2.34. The summed E-state index contributed by atoms with van der Waals surface area (Å²) in [5.41, 5.74) is 2.55. The number of halogens is 2. The summed E-state index contributed by atoms with van der Waals surface area (Å²) in [7, 11) is 0. The number of alkyl halides is 2. The second-order valence-corrected chi connectivity index (χ2v) is 12.1. The van der Waals surface area contributed by atoms with E-state index in [1.807, 2.05) is 0 Å². The summed E-state index contributed by atoms with van der Waals surface area (Å²) >= 11 is 2.74. The van der Waals surface area contributed by atoms with E-state index in [9.17, 15) is 18.8 Å². The van der Waals surface area contributed by atoms with Crippen LogP contribution >= 0.6 is 23.1 Å². The van der Waals surface area contributed by atoms with Crippen molar-refractivity contribution in [2.45, 2.75) is 64.8 Å². The minimum Gasteiger partial charge on any atom is -0.435 e. The van der Waals surface area contributed by atoms with Gasteiger partial charge in [0, 0.05) is 17.0 Å². The van der Waals surface area contributed by atoms with Crippen LogP contribution in [-0.4, -0.2) is 33.0 Å². The van der Waals surface area contributed by atoms with E-state index in [0.717, 1.165) is 31.2 Å². The average Bonchev–Trinajstić information content (AvgIpc) is 3.47. The number of hydrogen-bond acceptors (Lipinski definition) is 7. The lowest BCUT2D eigenvalue weighted by molar-refractivity contribution is -0.113. The minimum atomic E-state index is -2.90. The maximum absolute atomic E-state index is 12.9.